The first kappa shape index (κ1) is 12.6. The summed E-state index contributed by atoms with van der Waals surface area (Å²) in [6.45, 7) is 0. The van der Waals surface area contributed by atoms with Gasteiger partial charge in [0.15, 0.2) is 0 Å². The topological polar surface area (TPSA) is 56.0 Å². The number of rotatable bonds is 3. The zero-order chi connectivity index (χ0) is 13.9. The Bertz CT molecular complexity index is 767. The van der Waals surface area contributed by atoms with Gasteiger partial charge in [0, 0.05) is 33.5 Å². The lowest BCUT2D eigenvalue weighted by Gasteiger charge is -2.05. The van der Waals surface area contributed by atoms with Crippen LogP contribution in [0.2, 0.25) is 0 Å². The summed E-state index contributed by atoms with van der Waals surface area (Å²) >= 11 is 1.57. The number of benzene rings is 2. The van der Waals surface area contributed by atoms with Gasteiger partial charge in [0.05, 0.1) is 10.4 Å². The van der Waals surface area contributed by atoms with Crippen molar-refractivity contribution < 1.29 is 4.92 Å². The highest BCUT2D eigenvalue weighted by atomic mass is 32.2. The van der Waals surface area contributed by atoms with E-state index >= 15 is 0 Å². The van der Waals surface area contributed by atoms with Crippen molar-refractivity contribution in [1.82, 2.24) is 4.98 Å². The minimum atomic E-state index is -0.393. The van der Waals surface area contributed by atoms with E-state index in [1.54, 1.807) is 30.1 Å². The first-order valence-corrected chi connectivity index (χ1v) is 6.82. The molecule has 3 aromatic rings. The highest BCUT2D eigenvalue weighted by Crippen LogP contribution is 2.33. The van der Waals surface area contributed by atoms with Gasteiger partial charge in [-0.25, -0.2) is 0 Å². The molecule has 5 heteroatoms. The number of non-ortho nitro benzene ring substituents is 1. The van der Waals surface area contributed by atoms with Crippen molar-refractivity contribution >= 4 is 28.4 Å². The summed E-state index contributed by atoms with van der Waals surface area (Å²) in [7, 11) is 0. The van der Waals surface area contributed by atoms with Gasteiger partial charge in [0.2, 0.25) is 0 Å². The summed E-state index contributed by atoms with van der Waals surface area (Å²) in [5, 5.41) is 11.7. The zero-order valence-corrected chi connectivity index (χ0v) is 11.2. The third-order valence-electron chi connectivity index (χ3n) is 2.88. The Labute approximate surface area is 119 Å². The van der Waals surface area contributed by atoms with E-state index in [2.05, 4.69) is 4.98 Å². The second kappa shape index (κ2) is 5.30. The standard InChI is InChI=1S/C15H10N2O2S/c18-17(19)11-6-8-12(9-7-11)20-15-5-1-4-14-13(15)3-2-10-16-14/h1-10H. The fourth-order valence-electron chi connectivity index (χ4n) is 1.93. The van der Waals surface area contributed by atoms with Crippen molar-refractivity contribution in [2.24, 2.45) is 0 Å². The average Bonchev–Trinajstić information content (AvgIpc) is 2.48. The van der Waals surface area contributed by atoms with Gasteiger partial charge in [-0.2, -0.15) is 0 Å². The lowest BCUT2D eigenvalue weighted by atomic mass is 10.2. The van der Waals surface area contributed by atoms with E-state index in [1.807, 2.05) is 30.3 Å². The Balaban J connectivity index is 1.95. The molecule has 1 aromatic heterocycles. The van der Waals surface area contributed by atoms with E-state index in [9.17, 15) is 10.1 Å². The maximum absolute atomic E-state index is 10.6. The molecule has 3 rings (SSSR count). The molecule has 20 heavy (non-hydrogen) atoms. The highest BCUT2D eigenvalue weighted by Gasteiger charge is 2.06. The molecular weight excluding hydrogens is 272 g/mol. The number of pyridine rings is 1. The molecule has 0 unspecified atom stereocenters. The lowest BCUT2D eigenvalue weighted by Crippen LogP contribution is -1.86. The van der Waals surface area contributed by atoms with Crippen LogP contribution in [-0.4, -0.2) is 9.91 Å². The summed E-state index contributed by atoms with van der Waals surface area (Å²) in [6.07, 6.45) is 1.77. The van der Waals surface area contributed by atoms with Crippen LogP contribution in [0.5, 0.6) is 0 Å². The van der Waals surface area contributed by atoms with Crippen LogP contribution in [0.3, 0.4) is 0 Å². The molecule has 0 saturated carbocycles. The predicted octanol–water partition coefficient (Wildman–Crippen LogP) is 4.29. The molecule has 0 amide bonds. The van der Waals surface area contributed by atoms with Crippen LogP contribution in [0.4, 0.5) is 5.69 Å². The Kier molecular flexibility index (Phi) is 3.35. The normalized spacial score (nSPS) is 10.6. The minimum Gasteiger partial charge on any atom is -0.258 e. The smallest absolute Gasteiger partial charge is 0.258 e. The van der Waals surface area contributed by atoms with E-state index in [1.165, 1.54) is 12.1 Å². The molecule has 0 radical (unpaired) electrons. The highest BCUT2D eigenvalue weighted by molar-refractivity contribution is 7.99. The Hall–Kier alpha value is -2.40. The van der Waals surface area contributed by atoms with Gasteiger partial charge in [-0.15, -0.1) is 0 Å². The van der Waals surface area contributed by atoms with Crippen molar-refractivity contribution in [3.8, 4) is 0 Å². The summed E-state index contributed by atoms with van der Waals surface area (Å²) in [5.41, 5.74) is 1.05. The number of hydrogen-bond donors (Lipinski definition) is 0. The van der Waals surface area contributed by atoms with E-state index in [4.69, 9.17) is 0 Å². The molecule has 0 atom stereocenters. The molecule has 0 aliphatic rings. The monoisotopic (exact) mass is 282 g/mol. The summed E-state index contributed by atoms with van der Waals surface area (Å²) in [5.74, 6) is 0. The third-order valence-corrected chi connectivity index (χ3v) is 3.96. The number of nitrogens with zero attached hydrogens (tertiary/aromatic N) is 2. The fourth-order valence-corrected chi connectivity index (χ4v) is 2.88. The lowest BCUT2D eigenvalue weighted by molar-refractivity contribution is -0.384. The first-order chi connectivity index (χ1) is 9.74. The van der Waals surface area contributed by atoms with Crippen LogP contribution in [-0.2, 0) is 0 Å². The van der Waals surface area contributed by atoms with Gasteiger partial charge >= 0.3 is 0 Å². The van der Waals surface area contributed by atoms with Crippen molar-refractivity contribution in [3.63, 3.8) is 0 Å². The second-order valence-corrected chi connectivity index (χ2v) is 5.29. The second-order valence-electron chi connectivity index (χ2n) is 4.18. The summed E-state index contributed by atoms with van der Waals surface area (Å²) in [4.78, 5) is 16.6. The molecule has 0 spiro atoms. The van der Waals surface area contributed by atoms with E-state index in [0.29, 0.717) is 0 Å². The van der Waals surface area contributed by atoms with Gasteiger partial charge in [-0.3, -0.25) is 15.1 Å². The number of fused-ring (bicyclic) bond motifs is 1. The molecule has 0 N–H and O–H groups in total. The van der Waals surface area contributed by atoms with Gasteiger partial charge < -0.3 is 0 Å². The molecule has 0 aliphatic heterocycles. The number of hydrogen-bond acceptors (Lipinski definition) is 4. The number of aromatic nitrogens is 1. The Morgan fingerprint density at radius 1 is 1.00 bits per heavy atom. The Morgan fingerprint density at radius 3 is 2.55 bits per heavy atom. The average molecular weight is 282 g/mol. The van der Waals surface area contributed by atoms with Crippen LogP contribution < -0.4 is 0 Å². The third kappa shape index (κ3) is 2.48. The largest absolute Gasteiger partial charge is 0.269 e. The molecule has 2 aromatic carbocycles. The first-order valence-electron chi connectivity index (χ1n) is 6.00. The van der Waals surface area contributed by atoms with Crippen LogP contribution in [0.1, 0.15) is 0 Å². The predicted molar refractivity (Wildman–Crippen MR) is 79.0 cm³/mol. The maximum Gasteiger partial charge on any atom is 0.269 e. The minimum absolute atomic E-state index is 0.105. The van der Waals surface area contributed by atoms with Crippen LogP contribution >= 0.6 is 11.8 Å². The molecule has 0 saturated heterocycles. The molecule has 98 valence electrons. The van der Waals surface area contributed by atoms with Gasteiger partial charge in [0.25, 0.3) is 5.69 Å². The van der Waals surface area contributed by atoms with E-state index in [-0.39, 0.29) is 5.69 Å². The summed E-state index contributed by atoms with van der Waals surface area (Å²) < 4.78 is 0. The van der Waals surface area contributed by atoms with Crippen molar-refractivity contribution in [1.29, 1.82) is 0 Å². The molecule has 4 nitrogen and oxygen atoms in total. The molecule has 0 bridgehead atoms. The number of nitro groups is 1. The van der Waals surface area contributed by atoms with Gasteiger partial charge in [-0.05, 0) is 30.3 Å². The van der Waals surface area contributed by atoms with E-state index < -0.39 is 4.92 Å². The fraction of sp³-hybridized carbons (Fsp3) is 0. The van der Waals surface area contributed by atoms with Crippen molar-refractivity contribution in [2.75, 3.05) is 0 Å². The molecule has 1 heterocycles. The molecule has 0 fully saturated rings. The van der Waals surface area contributed by atoms with Gasteiger partial charge in [0.1, 0.15) is 0 Å². The van der Waals surface area contributed by atoms with Crippen molar-refractivity contribution in [3.05, 3.63) is 70.9 Å². The molecular formula is C15H10N2O2S. The zero-order valence-electron chi connectivity index (χ0n) is 10.4. The summed E-state index contributed by atoms with van der Waals surface area (Å²) in [6, 6.07) is 16.4. The quantitative estimate of drug-likeness (QED) is 0.531. The van der Waals surface area contributed by atoms with Crippen LogP contribution in [0.25, 0.3) is 10.9 Å². The Morgan fingerprint density at radius 2 is 1.80 bits per heavy atom. The van der Waals surface area contributed by atoms with Crippen LogP contribution in [0, 0.1) is 10.1 Å². The molecule has 0 aliphatic carbocycles. The van der Waals surface area contributed by atoms with E-state index in [0.717, 1.165) is 20.7 Å². The SMILES string of the molecule is O=[N+]([O-])c1ccc(Sc2cccc3ncccc23)cc1. The van der Waals surface area contributed by atoms with Gasteiger partial charge in [-0.1, -0.05) is 23.9 Å². The van der Waals surface area contributed by atoms with Crippen molar-refractivity contribution in [2.45, 2.75) is 9.79 Å². The van der Waals surface area contributed by atoms with Crippen LogP contribution in [0.15, 0.2) is 70.6 Å². The number of nitro benzene ring substituents is 1. The maximum atomic E-state index is 10.6.